The van der Waals surface area contributed by atoms with Crippen LogP contribution in [-0.4, -0.2) is 47.2 Å². The lowest BCUT2D eigenvalue weighted by molar-refractivity contribution is -0.201. The SMILES string of the molecule is CC(C)(C)C(=O)ON1CCN(c2cccc(-c3cnc4cccc(Br)c4n3)c2)CC1. The molecule has 0 bridgehead atoms. The molecule has 30 heavy (non-hydrogen) atoms. The van der Waals surface area contributed by atoms with Crippen LogP contribution in [-0.2, 0) is 9.63 Å². The fourth-order valence-corrected chi connectivity index (χ4v) is 3.74. The van der Waals surface area contributed by atoms with Crippen molar-refractivity contribution in [3.63, 3.8) is 0 Å². The number of rotatable bonds is 3. The molecular weight excluding hydrogens is 444 g/mol. The quantitative estimate of drug-likeness (QED) is 0.555. The summed E-state index contributed by atoms with van der Waals surface area (Å²) in [6.07, 6.45) is 1.82. The van der Waals surface area contributed by atoms with Gasteiger partial charge >= 0.3 is 5.97 Å². The van der Waals surface area contributed by atoms with Crippen molar-refractivity contribution < 1.29 is 9.63 Å². The largest absolute Gasteiger partial charge is 0.369 e. The number of piperazine rings is 1. The maximum atomic E-state index is 12.1. The summed E-state index contributed by atoms with van der Waals surface area (Å²) in [7, 11) is 0. The molecule has 4 rings (SSSR count). The number of aromatic nitrogens is 2. The van der Waals surface area contributed by atoms with Crippen LogP contribution in [0, 0.1) is 5.41 Å². The summed E-state index contributed by atoms with van der Waals surface area (Å²) >= 11 is 3.56. The number of para-hydroxylation sites is 1. The molecule has 2 heterocycles. The highest BCUT2D eigenvalue weighted by Crippen LogP contribution is 2.27. The summed E-state index contributed by atoms with van der Waals surface area (Å²) in [5.74, 6) is -0.195. The molecule has 6 nitrogen and oxygen atoms in total. The molecule has 0 amide bonds. The zero-order valence-corrected chi connectivity index (χ0v) is 19.0. The zero-order valence-electron chi connectivity index (χ0n) is 17.4. The summed E-state index contributed by atoms with van der Waals surface area (Å²) in [5.41, 5.74) is 4.22. The van der Waals surface area contributed by atoms with Crippen molar-refractivity contribution >= 4 is 38.6 Å². The Hall–Kier alpha value is -2.51. The van der Waals surface area contributed by atoms with Gasteiger partial charge in [0, 0.05) is 28.8 Å². The number of halogens is 1. The number of hydroxylamine groups is 2. The molecule has 0 saturated carbocycles. The second-order valence-corrected chi connectivity index (χ2v) is 9.31. The molecule has 156 valence electrons. The van der Waals surface area contributed by atoms with Crippen LogP contribution in [0.3, 0.4) is 0 Å². The van der Waals surface area contributed by atoms with Crippen LogP contribution in [0.5, 0.6) is 0 Å². The second-order valence-electron chi connectivity index (χ2n) is 8.46. The molecule has 1 aliphatic heterocycles. The summed E-state index contributed by atoms with van der Waals surface area (Å²) < 4.78 is 0.937. The summed E-state index contributed by atoms with van der Waals surface area (Å²) in [4.78, 5) is 29.3. The van der Waals surface area contributed by atoms with Gasteiger partial charge in [0.05, 0.1) is 35.9 Å². The predicted molar refractivity (Wildman–Crippen MR) is 122 cm³/mol. The van der Waals surface area contributed by atoms with E-state index in [1.807, 2.05) is 51.2 Å². The normalized spacial score (nSPS) is 15.4. The number of carbonyl (C=O) groups excluding carboxylic acids is 1. The van der Waals surface area contributed by atoms with E-state index in [1.165, 1.54) is 0 Å². The Bertz CT molecular complexity index is 1070. The van der Waals surface area contributed by atoms with Gasteiger partial charge in [-0.25, -0.2) is 9.78 Å². The fraction of sp³-hybridized carbons (Fsp3) is 0.348. The Kier molecular flexibility index (Phi) is 5.75. The van der Waals surface area contributed by atoms with Gasteiger partial charge in [-0.3, -0.25) is 4.98 Å². The van der Waals surface area contributed by atoms with Gasteiger partial charge < -0.3 is 9.74 Å². The molecule has 0 unspecified atom stereocenters. The van der Waals surface area contributed by atoms with E-state index >= 15 is 0 Å². The Labute approximate surface area is 185 Å². The van der Waals surface area contributed by atoms with E-state index in [2.05, 4.69) is 44.0 Å². The number of anilines is 1. The molecule has 0 aliphatic carbocycles. The number of carbonyl (C=O) groups is 1. The molecule has 0 radical (unpaired) electrons. The molecule has 1 fully saturated rings. The van der Waals surface area contributed by atoms with E-state index in [-0.39, 0.29) is 5.97 Å². The average molecular weight is 469 g/mol. The zero-order chi connectivity index (χ0) is 21.3. The van der Waals surface area contributed by atoms with Crippen LogP contribution in [0.25, 0.3) is 22.3 Å². The molecule has 0 atom stereocenters. The number of hydrogen-bond donors (Lipinski definition) is 0. The van der Waals surface area contributed by atoms with Gasteiger partial charge in [0.15, 0.2) is 0 Å². The van der Waals surface area contributed by atoms with Gasteiger partial charge in [0.1, 0.15) is 5.52 Å². The molecule has 7 heteroatoms. The number of hydrogen-bond acceptors (Lipinski definition) is 6. The fourth-order valence-electron chi connectivity index (χ4n) is 3.29. The molecule has 3 aromatic rings. The minimum absolute atomic E-state index is 0.195. The van der Waals surface area contributed by atoms with Crippen molar-refractivity contribution in [1.82, 2.24) is 15.0 Å². The van der Waals surface area contributed by atoms with E-state index in [4.69, 9.17) is 9.82 Å². The maximum Gasteiger partial charge on any atom is 0.330 e. The Morgan fingerprint density at radius 3 is 2.53 bits per heavy atom. The standard InChI is InChI=1S/C23H25BrN4O2/c1-23(2,3)22(29)30-28-12-10-27(11-13-28)17-7-4-6-16(14-17)20-15-25-19-9-5-8-18(24)21(19)26-20/h4-9,14-15H,10-13H2,1-3H3. The lowest BCUT2D eigenvalue weighted by Gasteiger charge is -2.35. The Morgan fingerprint density at radius 2 is 1.80 bits per heavy atom. The smallest absolute Gasteiger partial charge is 0.330 e. The minimum Gasteiger partial charge on any atom is -0.369 e. The summed E-state index contributed by atoms with van der Waals surface area (Å²) in [6.45, 7) is 8.52. The van der Waals surface area contributed by atoms with Gasteiger partial charge in [-0.1, -0.05) is 18.2 Å². The van der Waals surface area contributed by atoms with E-state index < -0.39 is 5.41 Å². The van der Waals surface area contributed by atoms with Crippen molar-refractivity contribution in [2.45, 2.75) is 20.8 Å². The van der Waals surface area contributed by atoms with Crippen LogP contribution in [0.2, 0.25) is 0 Å². The first-order valence-corrected chi connectivity index (χ1v) is 10.8. The van der Waals surface area contributed by atoms with E-state index in [0.29, 0.717) is 13.1 Å². The summed E-state index contributed by atoms with van der Waals surface area (Å²) in [6, 6.07) is 14.2. The highest BCUT2D eigenvalue weighted by Gasteiger charge is 2.28. The van der Waals surface area contributed by atoms with Crippen molar-refractivity contribution in [3.8, 4) is 11.3 Å². The molecule has 1 saturated heterocycles. The van der Waals surface area contributed by atoms with Gasteiger partial charge in [-0.2, -0.15) is 0 Å². The minimum atomic E-state index is -0.499. The highest BCUT2D eigenvalue weighted by atomic mass is 79.9. The molecular formula is C23H25BrN4O2. The number of benzene rings is 2. The van der Waals surface area contributed by atoms with Gasteiger partial charge in [0.2, 0.25) is 0 Å². The summed E-state index contributed by atoms with van der Waals surface area (Å²) in [5, 5.41) is 1.76. The van der Waals surface area contributed by atoms with Crippen LogP contribution in [0.15, 0.2) is 53.1 Å². The first-order valence-electron chi connectivity index (χ1n) is 10.1. The average Bonchev–Trinajstić information content (AvgIpc) is 2.74. The van der Waals surface area contributed by atoms with Gasteiger partial charge in [-0.05, 0) is 61.0 Å². The monoisotopic (exact) mass is 468 g/mol. The van der Waals surface area contributed by atoms with Crippen molar-refractivity contribution in [3.05, 3.63) is 53.1 Å². The van der Waals surface area contributed by atoms with Crippen molar-refractivity contribution in [2.24, 2.45) is 5.41 Å². The third kappa shape index (κ3) is 4.47. The molecule has 0 N–H and O–H groups in total. The molecule has 1 aliphatic rings. The van der Waals surface area contributed by atoms with Crippen molar-refractivity contribution in [1.29, 1.82) is 0 Å². The van der Waals surface area contributed by atoms with Gasteiger partial charge in [0.25, 0.3) is 0 Å². The van der Waals surface area contributed by atoms with Gasteiger partial charge in [-0.15, -0.1) is 5.06 Å². The first kappa shape index (κ1) is 20.8. The topological polar surface area (TPSA) is 58.6 Å². The maximum absolute atomic E-state index is 12.1. The van der Waals surface area contributed by atoms with Crippen LogP contribution in [0.1, 0.15) is 20.8 Å². The van der Waals surface area contributed by atoms with Crippen LogP contribution in [0.4, 0.5) is 5.69 Å². The lowest BCUT2D eigenvalue weighted by Crippen LogP contribution is -2.48. The van der Waals surface area contributed by atoms with Crippen molar-refractivity contribution in [2.75, 3.05) is 31.1 Å². The third-order valence-corrected chi connectivity index (χ3v) is 5.73. The molecule has 2 aromatic carbocycles. The van der Waals surface area contributed by atoms with Crippen LogP contribution < -0.4 is 4.90 Å². The predicted octanol–water partition coefficient (Wildman–Crippen LogP) is 4.69. The number of nitrogens with zero attached hydrogens (tertiary/aromatic N) is 4. The third-order valence-electron chi connectivity index (χ3n) is 5.09. The second kappa shape index (κ2) is 8.32. The van der Waals surface area contributed by atoms with Crippen LogP contribution >= 0.6 is 15.9 Å². The highest BCUT2D eigenvalue weighted by molar-refractivity contribution is 9.10. The molecule has 0 spiro atoms. The Balaban J connectivity index is 1.48. The van der Waals surface area contributed by atoms with E-state index in [9.17, 15) is 4.79 Å². The molecule has 1 aromatic heterocycles. The lowest BCUT2D eigenvalue weighted by atomic mass is 9.98. The first-order chi connectivity index (χ1) is 14.3. The number of fused-ring (bicyclic) bond motifs is 1. The Morgan fingerprint density at radius 1 is 1.07 bits per heavy atom. The van der Waals surface area contributed by atoms with E-state index in [1.54, 1.807) is 5.06 Å². The van der Waals surface area contributed by atoms with E-state index in [0.717, 1.165) is 45.5 Å².